The molecule has 2 nitrogen and oxygen atoms in total. The predicted octanol–water partition coefficient (Wildman–Crippen LogP) is 19.3. The second kappa shape index (κ2) is 17.2. The van der Waals surface area contributed by atoms with Crippen LogP contribution >= 0.6 is 0 Å². The molecule has 0 atom stereocenters. The van der Waals surface area contributed by atoms with Crippen LogP contribution in [0.25, 0.3) is 94.3 Å². The molecule has 75 heavy (non-hydrogen) atoms. The maximum atomic E-state index is 2.56. The molecule has 2 aliphatic carbocycles. The molecule has 0 bridgehead atoms. The lowest BCUT2D eigenvalue weighted by Crippen LogP contribution is -2.26. The SMILES string of the molecule is c1ccc(-c2ccccc2-c2c(-c3ccccc3)cccc2N(c2ccc(-c3ccccc3-n3c4ccccc4c4ccccc43)cc2)c2cccc3c2-c2ccccc2C32c3ccccc3-c3ccccc32)cc1. The third kappa shape index (κ3) is 6.40. The first-order valence-electron chi connectivity index (χ1n) is 26.0. The summed E-state index contributed by atoms with van der Waals surface area (Å²) < 4.78 is 2.44. The Hall–Kier alpha value is -9.76. The Balaban J connectivity index is 1.01. The third-order valence-electron chi connectivity index (χ3n) is 16.1. The summed E-state index contributed by atoms with van der Waals surface area (Å²) in [5.41, 5.74) is 26.0. The molecule has 13 aromatic rings. The van der Waals surface area contributed by atoms with Gasteiger partial charge in [-0.05, 0) is 115 Å². The number of aromatic nitrogens is 1. The first-order valence-corrected chi connectivity index (χ1v) is 26.0. The van der Waals surface area contributed by atoms with Crippen LogP contribution in [0.2, 0.25) is 0 Å². The predicted molar refractivity (Wildman–Crippen MR) is 314 cm³/mol. The summed E-state index contributed by atoms with van der Waals surface area (Å²) in [6.45, 7) is 0. The summed E-state index contributed by atoms with van der Waals surface area (Å²) >= 11 is 0. The molecule has 1 aromatic heterocycles. The lowest BCUT2D eigenvalue weighted by Gasteiger charge is -2.33. The summed E-state index contributed by atoms with van der Waals surface area (Å²) in [7, 11) is 0. The number of rotatable bonds is 8. The minimum absolute atomic E-state index is 0.504. The Morgan fingerprint density at radius 1 is 0.253 bits per heavy atom. The summed E-state index contributed by atoms with van der Waals surface area (Å²) in [5.74, 6) is 0. The van der Waals surface area contributed by atoms with E-state index in [0.717, 1.165) is 33.9 Å². The zero-order chi connectivity index (χ0) is 49.5. The van der Waals surface area contributed by atoms with Crippen LogP contribution in [0.15, 0.2) is 291 Å². The smallest absolute Gasteiger partial charge is 0.0726 e. The van der Waals surface area contributed by atoms with Crippen molar-refractivity contribution in [3.63, 3.8) is 0 Å². The van der Waals surface area contributed by atoms with E-state index >= 15 is 0 Å². The minimum Gasteiger partial charge on any atom is -0.309 e. The highest BCUT2D eigenvalue weighted by Gasteiger charge is 2.52. The molecule has 1 heterocycles. The van der Waals surface area contributed by atoms with E-state index in [1.807, 2.05) is 0 Å². The molecule has 2 heteroatoms. The van der Waals surface area contributed by atoms with Crippen LogP contribution in [0.5, 0.6) is 0 Å². The largest absolute Gasteiger partial charge is 0.309 e. The van der Waals surface area contributed by atoms with E-state index in [1.54, 1.807) is 0 Å². The fourth-order valence-corrected chi connectivity index (χ4v) is 13.0. The van der Waals surface area contributed by atoms with E-state index in [1.165, 1.54) is 99.7 Å². The Labute approximate surface area is 437 Å². The van der Waals surface area contributed by atoms with E-state index in [9.17, 15) is 0 Å². The molecule has 1 spiro atoms. The molecular weight excluding hydrogens is 905 g/mol. The van der Waals surface area contributed by atoms with Crippen molar-refractivity contribution in [2.24, 2.45) is 0 Å². The first-order chi connectivity index (χ1) is 37.3. The van der Waals surface area contributed by atoms with Crippen molar-refractivity contribution < 1.29 is 0 Å². The second-order valence-electron chi connectivity index (χ2n) is 19.8. The Kier molecular flexibility index (Phi) is 9.83. The van der Waals surface area contributed by atoms with Crippen molar-refractivity contribution in [2.75, 3.05) is 4.90 Å². The van der Waals surface area contributed by atoms with Crippen molar-refractivity contribution in [3.8, 4) is 72.4 Å². The lowest BCUT2D eigenvalue weighted by molar-refractivity contribution is 0.794. The van der Waals surface area contributed by atoms with Gasteiger partial charge < -0.3 is 9.47 Å². The molecule has 12 aromatic carbocycles. The fraction of sp³-hybridized carbons (Fsp3) is 0.0137. The quantitative estimate of drug-likeness (QED) is 0.147. The van der Waals surface area contributed by atoms with Gasteiger partial charge in [0.05, 0.1) is 33.5 Å². The van der Waals surface area contributed by atoms with E-state index in [4.69, 9.17) is 0 Å². The molecule has 0 amide bonds. The van der Waals surface area contributed by atoms with Gasteiger partial charge in [0.15, 0.2) is 0 Å². The van der Waals surface area contributed by atoms with Crippen molar-refractivity contribution in [3.05, 3.63) is 313 Å². The number of anilines is 3. The Bertz CT molecular complexity index is 4250. The van der Waals surface area contributed by atoms with Crippen LogP contribution in [0.4, 0.5) is 17.1 Å². The molecule has 0 radical (unpaired) electrons. The number of benzene rings is 12. The molecule has 0 N–H and O–H groups in total. The molecule has 350 valence electrons. The fourth-order valence-electron chi connectivity index (χ4n) is 13.0. The van der Waals surface area contributed by atoms with Gasteiger partial charge in [-0.1, -0.05) is 249 Å². The molecular formula is C73H48N2. The number of para-hydroxylation sites is 3. The van der Waals surface area contributed by atoms with Gasteiger partial charge in [0.1, 0.15) is 0 Å². The standard InChI is InChI=1S/C73H48N2/c1-3-23-49(24-4-1)53-27-7-8-33-60(53)71-55(50-25-5-2-6-26-50)35-21-43-69(71)74(52-47-45-51(46-48-52)54-28-12-18-40-66(54)75-67-41-19-13-31-58(67)59-32-14-20-42-68(59)75)70-44-22-39-65-72(70)61-34-11-17-38-64(61)73(65)62-36-15-9-29-56(62)57-30-10-16-37-63(57)73/h1-48H. The van der Waals surface area contributed by atoms with Gasteiger partial charge in [0.25, 0.3) is 0 Å². The van der Waals surface area contributed by atoms with E-state index < -0.39 is 5.41 Å². The normalized spacial score (nSPS) is 12.6. The number of fused-ring (bicyclic) bond motifs is 13. The lowest BCUT2D eigenvalue weighted by atomic mass is 9.70. The van der Waals surface area contributed by atoms with E-state index in [0.29, 0.717) is 0 Å². The molecule has 0 saturated carbocycles. The number of nitrogens with zero attached hydrogens (tertiary/aromatic N) is 2. The monoisotopic (exact) mass is 952 g/mol. The summed E-state index contributed by atoms with van der Waals surface area (Å²) in [6, 6.07) is 108. The average Bonchev–Trinajstić information content (AvgIpc) is 4.32. The minimum atomic E-state index is -0.504. The van der Waals surface area contributed by atoms with Gasteiger partial charge in [-0.25, -0.2) is 0 Å². The Morgan fingerprint density at radius 2 is 0.667 bits per heavy atom. The van der Waals surface area contributed by atoms with Crippen LogP contribution in [-0.2, 0) is 5.41 Å². The maximum absolute atomic E-state index is 2.56. The Morgan fingerprint density at radius 3 is 1.29 bits per heavy atom. The van der Waals surface area contributed by atoms with Gasteiger partial charge in [0, 0.05) is 33.2 Å². The zero-order valence-corrected chi connectivity index (χ0v) is 41.1. The third-order valence-corrected chi connectivity index (χ3v) is 16.1. The summed E-state index contributed by atoms with van der Waals surface area (Å²) in [5, 5.41) is 2.50. The number of hydrogen-bond acceptors (Lipinski definition) is 1. The van der Waals surface area contributed by atoms with Crippen LogP contribution < -0.4 is 4.90 Å². The van der Waals surface area contributed by atoms with Crippen molar-refractivity contribution in [1.82, 2.24) is 4.57 Å². The van der Waals surface area contributed by atoms with Crippen molar-refractivity contribution in [2.45, 2.75) is 5.41 Å². The summed E-state index contributed by atoms with van der Waals surface area (Å²) in [4.78, 5) is 2.56. The van der Waals surface area contributed by atoms with Gasteiger partial charge >= 0.3 is 0 Å². The van der Waals surface area contributed by atoms with Crippen LogP contribution in [0.3, 0.4) is 0 Å². The van der Waals surface area contributed by atoms with Crippen molar-refractivity contribution in [1.29, 1.82) is 0 Å². The highest BCUT2D eigenvalue weighted by atomic mass is 15.1. The molecule has 0 fully saturated rings. The molecule has 0 saturated heterocycles. The van der Waals surface area contributed by atoms with Crippen LogP contribution in [0, 0.1) is 0 Å². The summed E-state index contributed by atoms with van der Waals surface area (Å²) in [6.07, 6.45) is 0. The zero-order valence-electron chi connectivity index (χ0n) is 41.1. The first kappa shape index (κ1) is 42.9. The molecule has 0 aliphatic heterocycles. The van der Waals surface area contributed by atoms with Gasteiger partial charge in [-0.2, -0.15) is 0 Å². The van der Waals surface area contributed by atoms with Crippen molar-refractivity contribution >= 4 is 38.9 Å². The second-order valence-corrected chi connectivity index (χ2v) is 19.8. The topological polar surface area (TPSA) is 8.17 Å². The highest BCUT2D eigenvalue weighted by molar-refractivity contribution is 6.10. The molecule has 15 rings (SSSR count). The van der Waals surface area contributed by atoms with Crippen LogP contribution in [0.1, 0.15) is 22.3 Å². The van der Waals surface area contributed by atoms with Gasteiger partial charge in [-0.3, -0.25) is 0 Å². The maximum Gasteiger partial charge on any atom is 0.0726 e. The highest BCUT2D eigenvalue weighted by Crippen LogP contribution is 2.65. The van der Waals surface area contributed by atoms with Gasteiger partial charge in [0.2, 0.25) is 0 Å². The molecule has 2 aliphatic rings. The van der Waals surface area contributed by atoms with Crippen LogP contribution in [-0.4, -0.2) is 4.57 Å². The van der Waals surface area contributed by atoms with Gasteiger partial charge in [-0.15, -0.1) is 0 Å². The van der Waals surface area contributed by atoms with E-state index in [2.05, 4.69) is 301 Å². The molecule has 0 unspecified atom stereocenters. The number of hydrogen-bond donors (Lipinski definition) is 0. The average molecular weight is 953 g/mol. The van der Waals surface area contributed by atoms with E-state index in [-0.39, 0.29) is 0 Å².